The van der Waals surface area contributed by atoms with Crippen molar-refractivity contribution in [3.63, 3.8) is 0 Å². The zero-order valence-electron chi connectivity index (χ0n) is 14.5. The average molecular weight is 349 g/mol. The molecule has 3 aromatic rings. The van der Waals surface area contributed by atoms with E-state index in [-0.39, 0.29) is 5.04 Å². The van der Waals surface area contributed by atoms with Crippen molar-refractivity contribution in [2.24, 2.45) is 0 Å². The van der Waals surface area contributed by atoms with Crippen LogP contribution in [0.15, 0.2) is 89.8 Å². The largest absolute Gasteiger partial charge is 0.154 e. The van der Waals surface area contributed by atoms with E-state index in [1.807, 2.05) is 0 Å². The number of hydrogen-bond acceptors (Lipinski definition) is 1. The Bertz CT molecular complexity index is 765. The Balaban J connectivity index is 2.46. The van der Waals surface area contributed by atoms with E-state index in [1.165, 1.54) is 15.6 Å². The van der Waals surface area contributed by atoms with Crippen LogP contribution in [0.3, 0.4) is 0 Å². The minimum absolute atomic E-state index is 0.106. The second-order valence-corrected chi connectivity index (χ2v) is 12.4. The van der Waals surface area contributed by atoms with Gasteiger partial charge >= 0.3 is 0 Å². The number of benzene rings is 3. The maximum absolute atomic E-state index is 4.86. The second-order valence-electron chi connectivity index (χ2n) is 7.25. The van der Waals surface area contributed by atoms with Crippen molar-refractivity contribution in [3.05, 3.63) is 84.9 Å². The van der Waals surface area contributed by atoms with Crippen LogP contribution in [0.25, 0.3) is 0 Å². The first-order chi connectivity index (χ1) is 11.5. The molecule has 0 aliphatic carbocycles. The van der Waals surface area contributed by atoms with Crippen LogP contribution in [-0.4, -0.2) is 8.07 Å². The summed E-state index contributed by atoms with van der Waals surface area (Å²) >= 11 is 4.86. The molecule has 0 amide bonds. The number of thiol groups is 1. The van der Waals surface area contributed by atoms with Crippen LogP contribution in [0.5, 0.6) is 0 Å². The van der Waals surface area contributed by atoms with E-state index >= 15 is 0 Å². The van der Waals surface area contributed by atoms with Gasteiger partial charge in [-0.25, -0.2) is 0 Å². The first-order valence-electron chi connectivity index (χ1n) is 8.37. The monoisotopic (exact) mass is 348 g/mol. The summed E-state index contributed by atoms with van der Waals surface area (Å²) in [5, 5.41) is 4.36. The molecule has 0 unspecified atom stereocenters. The molecule has 0 heterocycles. The molecule has 0 radical (unpaired) electrons. The summed E-state index contributed by atoms with van der Waals surface area (Å²) in [4.78, 5) is 1.09. The zero-order chi connectivity index (χ0) is 17.2. The van der Waals surface area contributed by atoms with Gasteiger partial charge in [-0.3, -0.25) is 0 Å². The molecule has 0 fully saturated rings. The molecule has 0 saturated heterocycles. The zero-order valence-corrected chi connectivity index (χ0v) is 16.4. The van der Waals surface area contributed by atoms with Crippen molar-refractivity contribution >= 4 is 36.3 Å². The van der Waals surface area contributed by atoms with Crippen LogP contribution >= 0.6 is 12.6 Å². The quantitative estimate of drug-likeness (QED) is 0.408. The molecule has 0 spiro atoms. The van der Waals surface area contributed by atoms with E-state index in [2.05, 4.69) is 106 Å². The highest BCUT2D eigenvalue weighted by Gasteiger charge is 2.49. The SMILES string of the molecule is CC(C)(C)[Si](c1ccccc1)(c1ccccc1)c1ccccc1S. The molecule has 2 heteroatoms. The Morgan fingerprint density at radius 3 is 1.46 bits per heavy atom. The standard InChI is InChI=1S/C22H24SSi/c1-22(2,3)24(18-12-6-4-7-13-18,19-14-8-5-9-15-19)21-17-11-10-16-20(21)23/h4-17,23H,1-3H3. The molecular formula is C22H24SSi. The average Bonchev–Trinajstić information content (AvgIpc) is 2.58. The van der Waals surface area contributed by atoms with Gasteiger partial charge in [0, 0.05) is 4.90 Å². The summed E-state index contributed by atoms with van der Waals surface area (Å²) in [6.07, 6.45) is 0. The molecule has 0 saturated carbocycles. The highest BCUT2D eigenvalue weighted by Crippen LogP contribution is 2.36. The molecular weight excluding hydrogens is 324 g/mol. The van der Waals surface area contributed by atoms with Crippen LogP contribution < -0.4 is 15.6 Å². The molecule has 0 atom stereocenters. The van der Waals surface area contributed by atoms with Gasteiger partial charge in [-0.05, 0) is 26.7 Å². The van der Waals surface area contributed by atoms with Crippen molar-refractivity contribution in [2.75, 3.05) is 0 Å². The third kappa shape index (κ3) is 2.74. The van der Waals surface area contributed by atoms with Gasteiger partial charge in [0.15, 0.2) is 8.07 Å². The van der Waals surface area contributed by atoms with E-state index in [1.54, 1.807) is 0 Å². The van der Waals surface area contributed by atoms with Gasteiger partial charge < -0.3 is 0 Å². The summed E-state index contributed by atoms with van der Waals surface area (Å²) in [6, 6.07) is 30.6. The maximum atomic E-state index is 4.86. The van der Waals surface area contributed by atoms with Gasteiger partial charge in [-0.15, -0.1) is 12.6 Å². The summed E-state index contributed by atoms with van der Waals surface area (Å²) in [6.45, 7) is 7.12. The lowest BCUT2D eigenvalue weighted by Crippen LogP contribution is -2.72. The first-order valence-corrected chi connectivity index (χ1v) is 10.8. The van der Waals surface area contributed by atoms with Crippen LogP contribution in [0.4, 0.5) is 0 Å². The van der Waals surface area contributed by atoms with Crippen molar-refractivity contribution < 1.29 is 0 Å². The first kappa shape index (κ1) is 17.1. The molecule has 0 nitrogen and oxygen atoms in total. The summed E-state index contributed by atoms with van der Waals surface area (Å²) < 4.78 is 0. The summed E-state index contributed by atoms with van der Waals surface area (Å²) in [7, 11) is -2.25. The highest BCUT2D eigenvalue weighted by molar-refractivity contribution is 7.80. The van der Waals surface area contributed by atoms with Gasteiger partial charge in [-0.2, -0.15) is 0 Å². The molecule has 0 aliphatic rings. The number of hydrogen-bond donors (Lipinski definition) is 1. The van der Waals surface area contributed by atoms with Crippen LogP contribution in [-0.2, 0) is 0 Å². The van der Waals surface area contributed by atoms with Gasteiger partial charge in [-0.1, -0.05) is 99.6 Å². The fourth-order valence-corrected chi connectivity index (χ4v) is 10.3. The fraction of sp³-hybridized carbons (Fsp3) is 0.182. The fourth-order valence-electron chi connectivity index (χ4n) is 3.91. The molecule has 3 aromatic carbocycles. The third-order valence-electron chi connectivity index (χ3n) is 4.85. The van der Waals surface area contributed by atoms with Crippen LogP contribution in [0.1, 0.15) is 20.8 Å². The van der Waals surface area contributed by atoms with Crippen molar-refractivity contribution in [1.82, 2.24) is 0 Å². The van der Waals surface area contributed by atoms with E-state index in [0.717, 1.165) is 4.90 Å². The molecule has 0 bridgehead atoms. The predicted octanol–water partition coefficient (Wildman–Crippen LogP) is 4.25. The van der Waals surface area contributed by atoms with Gasteiger partial charge in [0.05, 0.1) is 0 Å². The van der Waals surface area contributed by atoms with E-state index < -0.39 is 8.07 Å². The lowest BCUT2D eigenvalue weighted by Gasteiger charge is -2.45. The molecule has 24 heavy (non-hydrogen) atoms. The van der Waals surface area contributed by atoms with E-state index in [4.69, 9.17) is 12.6 Å². The van der Waals surface area contributed by atoms with Crippen LogP contribution in [0.2, 0.25) is 5.04 Å². The van der Waals surface area contributed by atoms with Gasteiger partial charge in [0.1, 0.15) is 0 Å². The molecule has 0 N–H and O–H groups in total. The highest BCUT2D eigenvalue weighted by atomic mass is 32.1. The normalized spacial score (nSPS) is 12.2. The van der Waals surface area contributed by atoms with E-state index in [9.17, 15) is 0 Å². The lowest BCUT2D eigenvalue weighted by atomic mass is 10.2. The Morgan fingerprint density at radius 1 is 0.625 bits per heavy atom. The predicted molar refractivity (Wildman–Crippen MR) is 111 cm³/mol. The third-order valence-corrected chi connectivity index (χ3v) is 11.3. The van der Waals surface area contributed by atoms with Crippen molar-refractivity contribution in [1.29, 1.82) is 0 Å². The Hall–Kier alpha value is -1.77. The Kier molecular flexibility index (Phi) is 4.70. The van der Waals surface area contributed by atoms with Gasteiger partial charge in [0.2, 0.25) is 0 Å². The van der Waals surface area contributed by atoms with Crippen molar-refractivity contribution in [2.45, 2.75) is 30.7 Å². The van der Waals surface area contributed by atoms with Gasteiger partial charge in [0.25, 0.3) is 0 Å². The maximum Gasteiger partial charge on any atom is 0.154 e. The summed E-state index contributed by atoms with van der Waals surface area (Å²) in [5.74, 6) is 0. The molecule has 122 valence electrons. The number of rotatable bonds is 3. The molecule has 0 aromatic heterocycles. The Labute approximate surface area is 152 Å². The van der Waals surface area contributed by atoms with E-state index in [0.29, 0.717) is 0 Å². The smallest absolute Gasteiger partial charge is 0.144 e. The minimum Gasteiger partial charge on any atom is -0.144 e. The lowest BCUT2D eigenvalue weighted by molar-refractivity contribution is 0.738. The molecule has 0 aliphatic heterocycles. The molecule has 3 rings (SSSR count). The topological polar surface area (TPSA) is 0 Å². The Morgan fingerprint density at radius 2 is 1.04 bits per heavy atom. The second kappa shape index (κ2) is 6.62. The van der Waals surface area contributed by atoms with Crippen LogP contribution in [0, 0.1) is 0 Å². The van der Waals surface area contributed by atoms with Crippen molar-refractivity contribution in [3.8, 4) is 0 Å². The minimum atomic E-state index is -2.25. The summed E-state index contributed by atoms with van der Waals surface area (Å²) in [5.41, 5.74) is 0.